The number of nitrogens with zero attached hydrogens (tertiary/aromatic N) is 1. The van der Waals surface area contributed by atoms with Crippen LogP contribution in [0.2, 0.25) is 0 Å². The van der Waals surface area contributed by atoms with E-state index < -0.39 is 0 Å². The molecule has 3 aromatic carbocycles. The largest absolute Gasteiger partial charge is 0.497 e. The lowest BCUT2D eigenvalue weighted by Crippen LogP contribution is -2.44. The van der Waals surface area contributed by atoms with Gasteiger partial charge in [0.05, 0.1) is 13.2 Å². The van der Waals surface area contributed by atoms with Crippen LogP contribution in [-0.4, -0.2) is 19.1 Å². The van der Waals surface area contributed by atoms with Crippen LogP contribution in [0.25, 0.3) is 0 Å². The van der Waals surface area contributed by atoms with Gasteiger partial charge in [0.2, 0.25) is 0 Å². The third-order valence-corrected chi connectivity index (χ3v) is 5.24. The lowest BCUT2D eigenvalue weighted by molar-refractivity contribution is 0.0974. The molecular weight excluding hydrogens is 348 g/mol. The van der Waals surface area contributed by atoms with Gasteiger partial charge in [0.25, 0.3) is 5.91 Å². The van der Waals surface area contributed by atoms with Crippen LogP contribution in [0.15, 0.2) is 78.9 Å². The number of carbonyl (C=O) groups excluding carboxylic acids is 1. The molecule has 4 nitrogen and oxygen atoms in total. The first-order valence-corrected chi connectivity index (χ1v) is 9.55. The molecule has 1 N–H and O–H groups in total. The summed E-state index contributed by atoms with van der Waals surface area (Å²) in [5.74, 6) is 0.864. The average Bonchev–Trinajstić information content (AvgIpc) is 2.74. The number of ether oxygens (including phenoxy) is 1. The van der Waals surface area contributed by atoms with Crippen molar-refractivity contribution in [3.63, 3.8) is 0 Å². The number of rotatable bonds is 4. The molecule has 0 saturated carbocycles. The van der Waals surface area contributed by atoms with Gasteiger partial charge >= 0.3 is 0 Å². The summed E-state index contributed by atoms with van der Waals surface area (Å²) in [6.45, 7) is 2.11. The van der Waals surface area contributed by atoms with Gasteiger partial charge < -0.3 is 15.0 Å². The van der Waals surface area contributed by atoms with Gasteiger partial charge in [0, 0.05) is 29.0 Å². The maximum absolute atomic E-state index is 13.2. The molecule has 1 aliphatic rings. The minimum atomic E-state index is 0.0420. The minimum absolute atomic E-state index is 0.0420. The fraction of sp³-hybridized carbons (Fsp3) is 0.208. The molecular formula is C24H24N2O2. The zero-order valence-corrected chi connectivity index (χ0v) is 16.1. The summed E-state index contributed by atoms with van der Waals surface area (Å²) in [7, 11) is 1.67. The molecule has 4 rings (SSSR count). The summed E-state index contributed by atoms with van der Waals surface area (Å²) >= 11 is 0. The van der Waals surface area contributed by atoms with Gasteiger partial charge in [-0.15, -0.1) is 0 Å². The van der Waals surface area contributed by atoms with Gasteiger partial charge in [-0.2, -0.15) is 0 Å². The normalized spacial score (nSPS) is 18.3. The number of amides is 1. The van der Waals surface area contributed by atoms with E-state index in [2.05, 4.69) is 18.3 Å². The highest BCUT2D eigenvalue weighted by atomic mass is 16.5. The minimum Gasteiger partial charge on any atom is -0.497 e. The molecule has 28 heavy (non-hydrogen) atoms. The molecule has 1 aliphatic heterocycles. The van der Waals surface area contributed by atoms with E-state index in [1.807, 2.05) is 77.7 Å². The first-order chi connectivity index (χ1) is 13.7. The summed E-state index contributed by atoms with van der Waals surface area (Å²) in [4.78, 5) is 15.1. The molecule has 2 atom stereocenters. The Labute approximate surface area is 165 Å². The zero-order valence-electron chi connectivity index (χ0n) is 16.1. The van der Waals surface area contributed by atoms with Gasteiger partial charge in [0.1, 0.15) is 5.75 Å². The highest BCUT2D eigenvalue weighted by Gasteiger charge is 2.34. The second-order valence-electron chi connectivity index (χ2n) is 7.11. The Balaban J connectivity index is 1.67. The van der Waals surface area contributed by atoms with E-state index in [4.69, 9.17) is 4.74 Å². The Morgan fingerprint density at radius 3 is 2.54 bits per heavy atom. The van der Waals surface area contributed by atoms with E-state index in [1.54, 1.807) is 7.11 Å². The topological polar surface area (TPSA) is 41.6 Å². The number of methoxy groups -OCH3 is 1. The lowest BCUT2D eigenvalue weighted by atomic mass is 9.90. The number of fused-ring (bicyclic) bond motifs is 1. The van der Waals surface area contributed by atoms with E-state index in [0.717, 1.165) is 29.1 Å². The first kappa shape index (κ1) is 18.1. The molecule has 4 heteroatoms. The third-order valence-electron chi connectivity index (χ3n) is 5.24. The first-order valence-electron chi connectivity index (χ1n) is 9.55. The Morgan fingerprint density at radius 1 is 1.00 bits per heavy atom. The molecule has 0 saturated heterocycles. The molecule has 0 bridgehead atoms. The third kappa shape index (κ3) is 3.46. The van der Waals surface area contributed by atoms with Crippen molar-refractivity contribution in [1.29, 1.82) is 0 Å². The SMILES string of the molecule is COc1cccc(N[C@@H]2C[C@@H](C)N(C(=O)c3ccccc3)c3ccccc32)c1. The van der Waals surface area contributed by atoms with Crippen molar-refractivity contribution >= 4 is 17.3 Å². The number of carbonyl (C=O) groups is 1. The van der Waals surface area contributed by atoms with E-state index in [1.165, 1.54) is 0 Å². The Morgan fingerprint density at radius 2 is 1.75 bits per heavy atom. The van der Waals surface area contributed by atoms with Crippen molar-refractivity contribution in [3.8, 4) is 5.75 Å². The van der Waals surface area contributed by atoms with Gasteiger partial charge in [0.15, 0.2) is 0 Å². The maximum atomic E-state index is 13.2. The number of anilines is 2. The summed E-state index contributed by atoms with van der Waals surface area (Å²) < 4.78 is 5.34. The highest BCUT2D eigenvalue weighted by molar-refractivity contribution is 6.07. The van der Waals surface area contributed by atoms with Crippen molar-refractivity contribution in [3.05, 3.63) is 90.0 Å². The number of hydrogen-bond acceptors (Lipinski definition) is 3. The molecule has 0 aromatic heterocycles. The Hall–Kier alpha value is -3.27. The molecule has 0 aliphatic carbocycles. The second-order valence-corrected chi connectivity index (χ2v) is 7.11. The summed E-state index contributed by atoms with van der Waals surface area (Å²) in [6.07, 6.45) is 0.826. The fourth-order valence-electron chi connectivity index (χ4n) is 3.89. The van der Waals surface area contributed by atoms with Crippen LogP contribution in [0, 0.1) is 0 Å². The molecule has 1 amide bonds. The highest BCUT2D eigenvalue weighted by Crippen LogP contribution is 2.39. The second kappa shape index (κ2) is 7.77. The molecule has 0 spiro atoms. The van der Waals surface area contributed by atoms with Crippen LogP contribution in [0.4, 0.5) is 11.4 Å². The summed E-state index contributed by atoms with van der Waals surface area (Å²) in [6, 6.07) is 25.8. The van der Waals surface area contributed by atoms with Crippen LogP contribution in [-0.2, 0) is 0 Å². The van der Waals surface area contributed by atoms with Gasteiger partial charge in [-0.05, 0) is 49.2 Å². The smallest absolute Gasteiger partial charge is 0.258 e. The standard InChI is InChI=1S/C24H24N2O2/c1-17-15-22(25-19-11-8-12-20(16-19)28-2)21-13-6-7-14-23(21)26(17)24(27)18-9-4-3-5-10-18/h3-14,16-17,22,25H,15H2,1-2H3/t17-,22-/m1/s1. The van der Waals surface area contributed by atoms with Crippen molar-refractivity contribution in [2.24, 2.45) is 0 Å². The molecule has 3 aromatic rings. The molecule has 0 fully saturated rings. The van der Waals surface area contributed by atoms with Crippen molar-refractivity contribution in [2.75, 3.05) is 17.3 Å². The molecule has 0 unspecified atom stereocenters. The average molecular weight is 372 g/mol. The van der Waals surface area contributed by atoms with Gasteiger partial charge in [-0.3, -0.25) is 4.79 Å². The van der Waals surface area contributed by atoms with Crippen molar-refractivity contribution in [2.45, 2.75) is 25.4 Å². The summed E-state index contributed by atoms with van der Waals surface area (Å²) in [5, 5.41) is 3.62. The number of benzene rings is 3. The van der Waals surface area contributed by atoms with E-state index in [9.17, 15) is 4.79 Å². The molecule has 1 heterocycles. The van der Waals surface area contributed by atoms with E-state index in [0.29, 0.717) is 5.56 Å². The van der Waals surface area contributed by atoms with E-state index in [-0.39, 0.29) is 18.0 Å². The summed E-state index contributed by atoms with van der Waals surface area (Å²) in [5.41, 5.74) is 3.82. The zero-order chi connectivity index (χ0) is 19.5. The van der Waals surface area contributed by atoms with E-state index >= 15 is 0 Å². The monoisotopic (exact) mass is 372 g/mol. The number of para-hydroxylation sites is 1. The van der Waals surface area contributed by atoms with Crippen LogP contribution in [0.5, 0.6) is 5.75 Å². The predicted molar refractivity (Wildman–Crippen MR) is 113 cm³/mol. The van der Waals surface area contributed by atoms with Crippen LogP contribution in [0.3, 0.4) is 0 Å². The lowest BCUT2D eigenvalue weighted by Gasteiger charge is -2.40. The Bertz CT molecular complexity index is 971. The Kier molecular flexibility index (Phi) is 5.02. The molecule has 142 valence electrons. The van der Waals surface area contributed by atoms with Crippen LogP contribution < -0.4 is 15.0 Å². The fourth-order valence-corrected chi connectivity index (χ4v) is 3.89. The predicted octanol–water partition coefficient (Wildman–Crippen LogP) is 5.29. The maximum Gasteiger partial charge on any atom is 0.258 e. The number of hydrogen-bond donors (Lipinski definition) is 1. The van der Waals surface area contributed by atoms with Crippen molar-refractivity contribution in [1.82, 2.24) is 0 Å². The van der Waals surface area contributed by atoms with Gasteiger partial charge in [-0.25, -0.2) is 0 Å². The number of nitrogens with one attached hydrogen (secondary N) is 1. The van der Waals surface area contributed by atoms with Crippen LogP contribution in [0.1, 0.15) is 35.3 Å². The molecule has 0 radical (unpaired) electrons. The van der Waals surface area contributed by atoms with Crippen LogP contribution >= 0.6 is 0 Å². The van der Waals surface area contributed by atoms with Crippen molar-refractivity contribution < 1.29 is 9.53 Å². The van der Waals surface area contributed by atoms with Gasteiger partial charge in [-0.1, -0.05) is 42.5 Å². The quantitative estimate of drug-likeness (QED) is 0.677.